The van der Waals surface area contributed by atoms with Gasteiger partial charge in [-0.1, -0.05) is 0 Å². The normalized spacial score (nSPS) is 11.3. The Morgan fingerprint density at radius 3 is 2.39 bits per heavy atom. The van der Waals surface area contributed by atoms with E-state index in [1.165, 1.54) is 17.3 Å². The van der Waals surface area contributed by atoms with Crippen LogP contribution in [0.3, 0.4) is 0 Å². The molecule has 0 radical (unpaired) electrons. The molecule has 0 aliphatic heterocycles. The van der Waals surface area contributed by atoms with Crippen LogP contribution in [0.15, 0.2) is 49.1 Å². The second kappa shape index (κ2) is 7.62. The monoisotopic (exact) mass is 397 g/mol. The molecule has 28 heavy (non-hydrogen) atoms. The number of nitrogens with zero attached hydrogens (tertiary/aromatic N) is 3. The fraction of sp³-hybridized carbons (Fsp3) is 0.118. The Labute approximate surface area is 155 Å². The zero-order valence-corrected chi connectivity index (χ0v) is 14.0. The van der Waals surface area contributed by atoms with Crippen molar-refractivity contribution in [3.8, 4) is 5.69 Å². The van der Waals surface area contributed by atoms with Crippen LogP contribution in [0.2, 0.25) is 0 Å². The molecule has 0 fully saturated rings. The van der Waals surface area contributed by atoms with E-state index in [1.807, 2.05) is 0 Å². The van der Waals surface area contributed by atoms with Crippen molar-refractivity contribution in [2.75, 3.05) is 17.2 Å². The van der Waals surface area contributed by atoms with E-state index in [9.17, 15) is 26.7 Å². The standard InChI is InChI=1S/C17H12F5N5O/c18-11-4-12(19)6-13(5-11)24-7-16(28)26-14-3-10(17(20,21)22)1-2-15(14)27-9-23-8-25-27/h1-6,8-9,24H,7H2,(H,26,28). The molecule has 6 nitrogen and oxygen atoms in total. The van der Waals surface area contributed by atoms with Crippen molar-refractivity contribution in [2.45, 2.75) is 6.18 Å². The summed E-state index contributed by atoms with van der Waals surface area (Å²) < 4.78 is 66.5. The molecule has 0 saturated heterocycles. The number of amides is 1. The highest BCUT2D eigenvalue weighted by Crippen LogP contribution is 2.33. The fourth-order valence-electron chi connectivity index (χ4n) is 2.38. The van der Waals surface area contributed by atoms with Crippen LogP contribution >= 0.6 is 0 Å². The summed E-state index contributed by atoms with van der Waals surface area (Å²) in [6.07, 6.45) is -2.17. The molecule has 11 heteroatoms. The van der Waals surface area contributed by atoms with Crippen molar-refractivity contribution in [3.05, 3.63) is 66.3 Å². The highest BCUT2D eigenvalue weighted by Gasteiger charge is 2.31. The smallest absolute Gasteiger partial charge is 0.376 e. The number of halogens is 5. The summed E-state index contributed by atoms with van der Waals surface area (Å²) in [7, 11) is 0. The summed E-state index contributed by atoms with van der Waals surface area (Å²) in [6.45, 7) is -0.435. The second-order valence-corrected chi connectivity index (χ2v) is 5.63. The molecule has 0 saturated carbocycles. The van der Waals surface area contributed by atoms with Gasteiger partial charge in [0.05, 0.1) is 23.5 Å². The van der Waals surface area contributed by atoms with E-state index in [4.69, 9.17) is 0 Å². The lowest BCUT2D eigenvalue weighted by Crippen LogP contribution is -2.23. The van der Waals surface area contributed by atoms with E-state index < -0.39 is 35.8 Å². The van der Waals surface area contributed by atoms with Gasteiger partial charge in [0.2, 0.25) is 5.91 Å². The Kier molecular flexibility index (Phi) is 5.25. The molecule has 0 unspecified atom stereocenters. The molecule has 0 spiro atoms. The van der Waals surface area contributed by atoms with Gasteiger partial charge >= 0.3 is 6.18 Å². The Hall–Kier alpha value is -3.50. The molecule has 0 atom stereocenters. The van der Waals surface area contributed by atoms with Crippen molar-refractivity contribution >= 4 is 17.3 Å². The Bertz CT molecular complexity index is 968. The van der Waals surface area contributed by atoms with Gasteiger partial charge in [0, 0.05) is 11.8 Å². The SMILES string of the molecule is O=C(CNc1cc(F)cc(F)c1)Nc1cc(C(F)(F)F)ccc1-n1cncn1. The van der Waals surface area contributed by atoms with Crippen LogP contribution in [-0.2, 0) is 11.0 Å². The molecule has 0 aliphatic carbocycles. The molecule has 3 rings (SSSR count). The van der Waals surface area contributed by atoms with Crippen LogP contribution in [0.1, 0.15) is 5.56 Å². The molecule has 0 bridgehead atoms. The summed E-state index contributed by atoms with van der Waals surface area (Å²) in [5.74, 6) is -2.41. The second-order valence-electron chi connectivity index (χ2n) is 5.63. The summed E-state index contributed by atoms with van der Waals surface area (Å²) in [4.78, 5) is 15.9. The van der Waals surface area contributed by atoms with Gasteiger partial charge in [0.25, 0.3) is 0 Å². The predicted octanol–water partition coefficient (Wildman–Crippen LogP) is 3.61. The largest absolute Gasteiger partial charge is 0.416 e. The first kappa shape index (κ1) is 19.3. The predicted molar refractivity (Wildman–Crippen MR) is 89.8 cm³/mol. The molecule has 0 aliphatic rings. The van der Waals surface area contributed by atoms with Crippen LogP contribution in [0.4, 0.5) is 33.3 Å². The average molecular weight is 397 g/mol. The van der Waals surface area contributed by atoms with Gasteiger partial charge in [0.1, 0.15) is 24.3 Å². The van der Waals surface area contributed by atoms with Crippen molar-refractivity contribution in [1.82, 2.24) is 14.8 Å². The molecule has 2 N–H and O–H groups in total. The van der Waals surface area contributed by atoms with Crippen molar-refractivity contribution in [2.24, 2.45) is 0 Å². The van der Waals surface area contributed by atoms with E-state index in [1.54, 1.807) is 0 Å². The number of hydrogen-bond acceptors (Lipinski definition) is 4. The summed E-state index contributed by atoms with van der Waals surface area (Å²) in [5, 5.41) is 8.66. The fourth-order valence-corrected chi connectivity index (χ4v) is 2.38. The van der Waals surface area contributed by atoms with E-state index in [-0.39, 0.29) is 17.1 Å². The van der Waals surface area contributed by atoms with E-state index in [0.717, 1.165) is 30.3 Å². The molecule has 1 heterocycles. The number of rotatable bonds is 5. The maximum Gasteiger partial charge on any atom is 0.416 e. The Morgan fingerprint density at radius 2 is 1.79 bits per heavy atom. The Morgan fingerprint density at radius 1 is 1.07 bits per heavy atom. The molecule has 3 aromatic rings. The van der Waals surface area contributed by atoms with Gasteiger partial charge < -0.3 is 10.6 Å². The van der Waals surface area contributed by atoms with E-state index in [0.29, 0.717) is 6.07 Å². The lowest BCUT2D eigenvalue weighted by molar-refractivity contribution is -0.137. The number of nitrogens with one attached hydrogen (secondary N) is 2. The van der Waals surface area contributed by atoms with E-state index in [2.05, 4.69) is 20.7 Å². The summed E-state index contributed by atoms with van der Waals surface area (Å²) >= 11 is 0. The van der Waals surface area contributed by atoms with Crippen molar-refractivity contribution in [1.29, 1.82) is 0 Å². The Balaban J connectivity index is 1.80. The highest BCUT2D eigenvalue weighted by molar-refractivity contribution is 5.95. The quantitative estimate of drug-likeness (QED) is 0.646. The van der Waals surface area contributed by atoms with Gasteiger partial charge in [-0.2, -0.15) is 18.3 Å². The number of aromatic nitrogens is 3. The first-order chi connectivity index (χ1) is 13.2. The molecule has 2 aromatic carbocycles. The van der Waals surface area contributed by atoms with Crippen LogP contribution < -0.4 is 10.6 Å². The first-order valence-electron chi connectivity index (χ1n) is 7.78. The maximum atomic E-state index is 13.2. The minimum absolute atomic E-state index is 0.00759. The molecular weight excluding hydrogens is 385 g/mol. The van der Waals surface area contributed by atoms with Gasteiger partial charge in [-0.3, -0.25) is 4.79 Å². The summed E-state index contributed by atoms with van der Waals surface area (Å²) in [5.41, 5.74) is -0.951. The number of benzene rings is 2. The molecule has 1 amide bonds. The van der Waals surface area contributed by atoms with Crippen LogP contribution in [0.5, 0.6) is 0 Å². The number of carbonyl (C=O) groups is 1. The number of anilines is 2. The van der Waals surface area contributed by atoms with Gasteiger partial charge in [-0.15, -0.1) is 0 Å². The van der Waals surface area contributed by atoms with Crippen LogP contribution in [0, 0.1) is 11.6 Å². The van der Waals surface area contributed by atoms with Crippen LogP contribution in [-0.4, -0.2) is 27.2 Å². The van der Waals surface area contributed by atoms with Gasteiger partial charge in [0.15, 0.2) is 0 Å². The van der Waals surface area contributed by atoms with Crippen LogP contribution in [0.25, 0.3) is 5.69 Å². The number of hydrogen-bond donors (Lipinski definition) is 2. The third-order valence-corrected chi connectivity index (χ3v) is 3.58. The third-order valence-electron chi connectivity index (χ3n) is 3.58. The lowest BCUT2D eigenvalue weighted by Gasteiger charge is -2.15. The molecular formula is C17H12F5N5O. The number of carbonyl (C=O) groups excluding carboxylic acids is 1. The van der Waals surface area contributed by atoms with Gasteiger partial charge in [-0.05, 0) is 30.3 Å². The number of alkyl halides is 3. The van der Waals surface area contributed by atoms with Crippen molar-refractivity contribution in [3.63, 3.8) is 0 Å². The first-order valence-corrected chi connectivity index (χ1v) is 7.78. The third kappa shape index (κ3) is 4.61. The molecule has 1 aromatic heterocycles. The summed E-state index contributed by atoms with van der Waals surface area (Å²) in [6, 6.07) is 5.36. The van der Waals surface area contributed by atoms with E-state index >= 15 is 0 Å². The highest BCUT2D eigenvalue weighted by atomic mass is 19.4. The maximum absolute atomic E-state index is 13.2. The minimum Gasteiger partial charge on any atom is -0.376 e. The lowest BCUT2D eigenvalue weighted by atomic mass is 10.1. The zero-order chi connectivity index (χ0) is 20.3. The average Bonchev–Trinajstić information content (AvgIpc) is 3.13. The molecule has 146 valence electrons. The topological polar surface area (TPSA) is 71.8 Å². The zero-order valence-electron chi connectivity index (χ0n) is 14.0. The van der Waals surface area contributed by atoms with Gasteiger partial charge in [-0.25, -0.2) is 18.4 Å². The minimum atomic E-state index is -4.61. The van der Waals surface area contributed by atoms with Crippen molar-refractivity contribution < 1.29 is 26.7 Å².